The number of aliphatic hydroxyl groups is 1. The largest absolute Gasteiger partial charge is 0.504 e. The summed E-state index contributed by atoms with van der Waals surface area (Å²) in [6, 6.07) is 4.62. The number of aliphatic hydroxyl groups excluding tert-OH is 1. The van der Waals surface area contributed by atoms with Crippen molar-refractivity contribution in [1.29, 1.82) is 0 Å². The lowest BCUT2D eigenvalue weighted by atomic mass is 9.89. The maximum absolute atomic E-state index is 9.55. The molecule has 0 aliphatic carbocycles. The topological polar surface area (TPSA) is 86.7 Å². The Labute approximate surface area is 82.6 Å². The van der Waals surface area contributed by atoms with E-state index in [9.17, 15) is 10.2 Å². The molecular weight excluding hydrogens is 182 g/mol. The van der Waals surface area contributed by atoms with E-state index in [2.05, 4.69) is 0 Å². The summed E-state index contributed by atoms with van der Waals surface area (Å²) in [5, 5.41) is 27.6. The predicted octanol–water partition coefficient (Wildman–Crippen LogP) is 0.654. The Balaban J connectivity index is 3.12. The SMILES string of the molecule is CC(N)(CCO)c1cccc(O)c1O. The van der Waals surface area contributed by atoms with Crippen molar-refractivity contribution in [2.45, 2.75) is 18.9 Å². The van der Waals surface area contributed by atoms with E-state index in [1.165, 1.54) is 6.07 Å². The van der Waals surface area contributed by atoms with Gasteiger partial charge in [-0.25, -0.2) is 0 Å². The molecule has 78 valence electrons. The molecule has 0 heterocycles. The van der Waals surface area contributed by atoms with Crippen LogP contribution in [-0.4, -0.2) is 21.9 Å². The molecule has 0 aliphatic heterocycles. The van der Waals surface area contributed by atoms with Gasteiger partial charge in [0.2, 0.25) is 0 Å². The van der Waals surface area contributed by atoms with Gasteiger partial charge < -0.3 is 21.1 Å². The highest BCUT2D eigenvalue weighted by molar-refractivity contribution is 5.47. The molecule has 0 bridgehead atoms. The number of hydrogen-bond acceptors (Lipinski definition) is 4. The van der Waals surface area contributed by atoms with Crippen molar-refractivity contribution in [1.82, 2.24) is 0 Å². The van der Waals surface area contributed by atoms with Crippen LogP contribution in [0.2, 0.25) is 0 Å². The smallest absolute Gasteiger partial charge is 0.162 e. The lowest BCUT2D eigenvalue weighted by Gasteiger charge is -2.25. The van der Waals surface area contributed by atoms with Crippen molar-refractivity contribution in [2.75, 3.05) is 6.61 Å². The van der Waals surface area contributed by atoms with Gasteiger partial charge in [0.15, 0.2) is 11.5 Å². The number of phenols is 2. The molecule has 1 aromatic carbocycles. The molecule has 0 amide bonds. The first-order chi connectivity index (χ1) is 6.49. The molecule has 0 saturated carbocycles. The lowest BCUT2D eigenvalue weighted by molar-refractivity contribution is 0.244. The van der Waals surface area contributed by atoms with E-state index < -0.39 is 5.54 Å². The highest BCUT2D eigenvalue weighted by atomic mass is 16.3. The van der Waals surface area contributed by atoms with Crippen LogP contribution in [0.1, 0.15) is 18.9 Å². The van der Waals surface area contributed by atoms with Gasteiger partial charge in [0, 0.05) is 17.7 Å². The number of rotatable bonds is 3. The highest BCUT2D eigenvalue weighted by Crippen LogP contribution is 2.35. The Hall–Kier alpha value is -1.26. The number of hydrogen-bond donors (Lipinski definition) is 4. The van der Waals surface area contributed by atoms with Crippen molar-refractivity contribution in [3.05, 3.63) is 23.8 Å². The number of benzene rings is 1. The molecule has 0 fully saturated rings. The first-order valence-electron chi connectivity index (χ1n) is 4.40. The maximum Gasteiger partial charge on any atom is 0.162 e. The molecule has 0 aliphatic rings. The summed E-state index contributed by atoms with van der Waals surface area (Å²) in [5.74, 6) is -0.414. The monoisotopic (exact) mass is 197 g/mol. The fourth-order valence-corrected chi connectivity index (χ4v) is 1.36. The van der Waals surface area contributed by atoms with Crippen molar-refractivity contribution in [3.8, 4) is 11.5 Å². The first-order valence-corrected chi connectivity index (χ1v) is 4.40. The van der Waals surface area contributed by atoms with E-state index >= 15 is 0 Å². The van der Waals surface area contributed by atoms with Crippen LogP contribution in [0.4, 0.5) is 0 Å². The Morgan fingerprint density at radius 1 is 1.36 bits per heavy atom. The standard InChI is InChI=1S/C10H15NO3/c1-10(11,5-6-12)7-3-2-4-8(13)9(7)14/h2-4,12-14H,5-6,11H2,1H3. The summed E-state index contributed by atoms with van der Waals surface area (Å²) in [7, 11) is 0. The molecule has 5 N–H and O–H groups in total. The molecule has 1 aromatic rings. The lowest BCUT2D eigenvalue weighted by Crippen LogP contribution is -2.34. The number of nitrogens with two attached hydrogens (primary N) is 1. The minimum Gasteiger partial charge on any atom is -0.504 e. The maximum atomic E-state index is 9.55. The summed E-state index contributed by atoms with van der Waals surface area (Å²) in [6.07, 6.45) is 0.323. The fraction of sp³-hybridized carbons (Fsp3) is 0.400. The third kappa shape index (κ3) is 1.97. The van der Waals surface area contributed by atoms with Gasteiger partial charge in [-0.3, -0.25) is 0 Å². The summed E-state index contributed by atoms with van der Waals surface area (Å²) in [5.41, 5.74) is 5.49. The Kier molecular flexibility index (Phi) is 2.98. The summed E-state index contributed by atoms with van der Waals surface area (Å²) in [4.78, 5) is 0. The molecule has 1 atom stereocenters. The van der Waals surface area contributed by atoms with Crippen LogP contribution in [0.3, 0.4) is 0 Å². The van der Waals surface area contributed by atoms with Gasteiger partial charge in [0.05, 0.1) is 0 Å². The number of phenolic OH excluding ortho intramolecular Hbond substituents is 2. The van der Waals surface area contributed by atoms with Gasteiger partial charge in [-0.15, -0.1) is 0 Å². The van der Waals surface area contributed by atoms with E-state index in [0.717, 1.165) is 0 Å². The predicted molar refractivity (Wildman–Crippen MR) is 53.0 cm³/mol. The minimum absolute atomic E-state index is 0.0674. The zero-order valence-corrected chi connectivity index (χ0v) is 8.07. The van der Waals surface area contributed by atoms with E-state index in [1.54, 1.807) is 19.1 Å². The van der Waals surface area contributed by atoms with Crippen molar-refractivity contribution < 1.29 is 15.3 Å². The van der Waals surface area contributed by atoms with Crippen LogP contribution in [0.15, 0.2) is 18.2 Å². The van der Waals surface area contributed by atoms with E-state index in [1.807, 2.05) is 0 Å². The molecule has 1 rings (SSSR count). The molecule has 0 aromatic heterocycles. The average Bonchev–Trinajstić information content (AvgIpc) is 2.09. The van der Waals surface area contributed by atoms with Gasteiger partial charge in [0.25, 0.3) is 0 Å². The molecule has 4 heteroatoms. The average molecular weight is 197 g/mol. The molecule has 0 saturated heterocycles. The molecule has 4 nitrogen and oxygen atoms in total. The second-order valence-corrected chi connectivity index (χ2v) is 3.56. The second kappa shape index (κ2) is 3.86. The Bertz CT molecular complexity index is 323. The summed E-state index contributed by atoms with van der Waals surface area (Å²) < 4.78 is 0. The third-order valence-electron chi connectivity index (χ3n) is 2.26. The molecule has 1 unspecified atom stereocenters. The van der Waals surface area contributed by atoms with E-state index in [-0.39, 0.29) is 18.1 Å². The van der Waals surface area contributed by atoms with E-state index in [4.69, 9.17) is 10.8 Å². The molecule has 14 heavy (non-hydrogen) atoms. The van der Waals surface area contributed by atoms with Crippen LogP contribution < -0.4 is 5.73 Å². The van der Waals surface area contributed by atoms with Crippen LogP contribution in [0.5, 0.6) is 11.5 Å². The first kappa shape index (κ1) is 10.8. The van der Waals surface area contributed by atoms with E-state index in [0.29, 0.717) is 12.0 Å². The van der Waals surface area contributed by atoms with Crippen LogP contribution in [0, 0.1) is 0 Å². The zero-order valence-electron chi connectivity index (χ0n) is 8.07. The van der Waals surface area contributed by atoms with Gasteiger partial charge in [-0.1, -0.05) is 12.1 Å². The number of aromatic hydroxyl groups is 2. The quantitative estimate of drug-likeness (QED) is 0.536. The van der Waals surface area contributed by atoms with Gasteiger partial charge >= 0.3 is 0 Å². The van der Waals surface area contributed by atoms with Crippen molar-refractivity contribution in [2.24, 2.45) is 5.73 Å². The third-order valence-corrected chi connectivity index (χ3v) is 2.26. The summed E-state index contributed by atoms with van der Waals surface area (Å²) >= 11 is 0. The minimum atomic E-state index is -0.836. The number of para-hydroxylation sites is 1. The van der Waals surface area contributed by atoms with Crippen LogP contribution in [0.25, 0.3) is 0 Å². The molecule has 0 radical (unpaired) electrons. The van der Waals surface area contributed by atoms with Gasteiger partial charge in [0.1, 0.15) is 0 Å². The Morgan fingerprint density at radius 3 is 2.57 bits per heavy atom. The van der Waals surface area contributed by atoms with Crippen LogP contribution >= 0.6 is 0 Å². The normalized spacial score (nSPS) is 15.1. The van der Waals surface area contributed by atoms with Crippen molar-refractivity contribution >= 4 is 0 Å². The summed E-state index contributed by atoms with van der Waals surface area (Å²) in [6.45, 7) is 1.62. The second-order valence-electron chi connectivity index (χ2n) is 3.56. The Morgan fingerprint density at radius 2 is 2.00 bits per heavy atom. The fourth-order valence-electron chi connectivity index (χ4n) is 1.36. The molecule has 0 spiro atoms. The zero-order chi connectivity index (χ0) is 10.8. The van der Waals surface area contributed by atoms with Gasteiger partial charge in [-0.2, -0.15) is 0 Å². The van der Waals surface area contributed by atoms with Gasteiger partial charge in [-0.05, 0) is 19.4 Å². The van der Waals surface area contributed by atoms with Crippen LogP contribution in [-0.2, 0) is 5.54 Å². The molecular formula is C10H15NO3. The highest BCUT2D eigenvalue weighted by Gasteiger charge is 2.24. The van der Waals surface area contributed by atoms with Crippen molar-refractivity contribution in [3.63, 3.8) is 0 Å².